The Labute approximate surface area is 169 Å². The molecule has 0 unspecified atom stereocenters. The van der Waals surface area contributed by atoms with Crippen molar-refractivity contribution in [3.63, 3.8) is 0 Å². The minimum atomic E-state index is -0.630. The molecule has 3 rings (SSSR count). The number of hydrogen-bond donors (Lipinski definition) is 0. The Hall–Kier alpha value is -2.90. The lowest BCUT2D eigenvalue weighted by Gasteiger charge is -2.30. The van der Waals surface area contributed by atoms with Crippen LogP contribution < -0.4 is 4.90 Å². The van der Waals surface area contributed by atoms with Gasteiger partial charge in [-0.3, -0.25) is 14.4 Å². The van der Waals surface area contributed by atoms with E-state index in [1.165, 1.54) is 0 Å². The van der Waals surface area contributed by atoms with Crippen LogP contribution >= 0.6 is 0 Å². The Morgan fingerprint density at radius 1 is 1.07 bits per heavy atom. The number of carbonyl (C=O) groups excluding carboxylic acids is 4. The number of para-hydroxylation sites is 1. The summed E-state index contributed by atoms with van der Waals surface area (Å²) < 4.78 is 10.3. The molecule has 2 amide bonds. The molecule has 2 fully saturated rings. The molecule has 0 aromatic heterocycles. The summed E-state index contributed by atoms with van der Waals surface area (Å²) in [5, 5.41) is 0. The number of piperidine rings is 1. The van der Waals surface area contributed by atoms with E-state index in [0.717, 1.165) is 6.42 Å². The van der Waals surface area contributed by atoms with E-state index in [2.05, 4.69) is 0 Å². The average molecular weight is 402 g/mol. The topological polar surface area (TPSA) is 93.2 Å². The van der Waals surface area contributed by atoms with E-state index in [9.17, 15) is 19.2 Å². The monoisotopic (exact) mass is 402 g/mol. The van der Waals surface area contributed by atoms with E-state index in [0.29, 0.717) is 51.2 Å². The molecule has 1 aromatic carbocycles. The van der Waals surface area contributed by atoms with Crippen LogP contribution in [0.4, 0.5) is 5.69 Å². The van der Waals surface area contributed by atoms with Gasteiger partial charge in [0.15, 0.2) is 6.61 Å². The van der Waals surface area contributed by atoms with Gasteiger partial charge in [-0.05, 0) is 38.3 Å². The minimum absolute atomic E-state index is 0.0224. The molecule has 0 saturated carbocycles. The Balaban J connectivity index is 1.53. The second kappa shape index (κ2) is 9.54. The van der Waals surface area contributed by atoms with Crippen LogP contribution in [0.1, 0.15) is 43.0 Å². The average Bonchev–Trinajstić information content (AvgIpc) is 3.17. The number of likely N-dealkylation sites (tertiary alicyclic amines) is 1. The number of hydrogen-bond acceptors (Lipinski definition) is 6. The van der Waals surface area contributed by atoms with Gasteiger partial charge in [0.05, 0.1) is 23.8 Å². The van der Waals surface area contributed by atoms with Gasteiger partial charge in [-0.1, -0.05) is 12.1 Å². The number of ether oxygens (including phenoxy) is 2. The molecule has 0 N–H and O–H groups in total. The smallest absolute Gasteiger partial charge is 0.340 e. The first-order chi connectivity index (χ1) is 14.0. The molecule has 2 saturated heterocycles. The molecule has 29 heavy (non-hydrogen) atoms. The van der Waals surface area contributed by atoms with Crippen molar-refractivity contribution in [1.29, 1.82) is 0 Å². The lowest BCUT2D eigenvalue weighted by atomic mass is 9.97. The fourth-order valence-electron chi connectivity index (χ4n) is 3.71. The highest BCUT2D eigenvalue weighted by Crippen LogP contribution is 2.26. The van der Waals surface area contributed by atoms with E-state index in [-0.39, 0.29) is 35.9 Å². The van der Waals surface area contributed by atoms with E-state index >= 15 is 0 Å². The number of anilines is 1. The van der Waals surface area contributed by atoms with Crippen molar-refractivity contribution < 1.29 is 28.7 Å². The summed E-state index contributed by atoms with van der Waals surface area (Å²) in [6, 6.07) is 6.76. The van der Waals surface area contributed by atoms with Gasteiger partial charge < -0.3 is 19.3 Å². The van der Waals surface area contributed by atoms with E-state index in [1.807, 2.05) is 0 Å². The van der Waals surface area contributed by atoms with Crippen molar-refractivity contribution in [3.8, 4) is 0 Å². The van der Waals surface area contributed by atoms with E-state index in [4.69, 9.17) is 9.47 Å². The molecule has 2 aliphatic heterocycles. The Kier molecular flexibility index (Phi) is 6.85. The summed E-state index contributed by atoms with van der Waals surface area (Å²) in [5.41, 5.74) is 0.791. The molecule has 2 heterocycles. The Morgan fingerprint density at radius 3 is 2.45 bits per heavy atom. The summed E-state index contributed by atoms with van der Waals surface area (Å²) in [7, 11) is 0. The summed E-state index contributed by atoms with van der Waals surface area (Å²) in [5.74, 6) is -1.36. The number of rotatable bonds is 6. The molecule has 0 bridgehead atoms. The normalized spacial score (nSPS) is 17.3. The highest BCUT2D eigenvalue weighted by atomic mass is 16.5. The lowest BCUT2D eigenvalue weighted by molar-refractivity contribution is -0.151. The van der Waals surface area contributed by atoms with Crippen LogP contribution in [0.15, 0.2) is 24.3 Å². The quantitative estimate of drug-likeness (QED) is 0.674. The van der Waals surface area contributed by atoms with Gasteiger partial charge in [-0.25, -0.2) is 4.79 Å². The summed E-state index contributed by atoms with van der Waals surface area (Å²) in [6.07, 6.45) is 2.29. The van der Waals surface area contributed by atoms with Crippen LogP contribution in [0, 0.1) is 5.92 Å². The molecule has 8 heteroatoms. The van der Waals surface area contributed by atoms with Gasteiger partial charge in [0.2, 0.25) is 5.91 Å². The molecule has 156 valence electrons. The van der Waals surface area contributed by atoms with Gasteiger partial charge in [0.1, 0.15) is 0 Å². The molecule has 0 radical (unpaired) electrons. The van der Waals surface area contributed by atoms with E-state index < -0.39 is 5.97 Å². The molecule has 2 aliphatic rings. The van der Waals surface area contributed by atoms with Crippen molar-refractivity contribution in [2.45, 2.75) is 32.6 Å². The number of benzene rings is 1. The van der Waals surface area contributed by atoms with Gasteiger partial charge in [0, 0.05) is 26.1 Å². The largest absolute Gasteiger partial charge is 0.466 e. The zero-order valence-electron chi connectivity index (χ0n) is 16.6. The van der Waals surface area contributed by atoms with Crippen molar-refractivity contribution in [3.05, 3.63) is 29.8 Å². The Morgan fingerprint density at radius 2 is 1.79 bits per heavy atom. The third-order valence-corrected chi connectivity index (χ3v) is 5.28. The van der Waals surface area contributed by atoms with Crippen molar-refractivity contribution in [2.24, 2.45) is 5.92 Å². The molecular weight excluding hydrogens is 376 g/mol. The molecule has 0 aliphatic carbocycles. The van der Waals surface area contributed by atoms with Gasteiger partial charge in [-0.15, -0.1) is 0 Å². The molecule has 0 atom stereocenters. The second-order valence-electron chi connectivity index (χ2n) is 7.15. The minimum Gasteiger partial charge on any atom is -0.466 e. The number of esters is 2. The first-order valence-electron chi connectivity index (χ1n) is 10.0. The maximum Gasteiger partial charge on any atom is 0.340 e. The van der Waals surface area contributed by atoms with Crippen molar-refractivity contribution >= 4 is 29.4 Å². The van der Waals surface area contributed by atoms with Crippen LogP contribution in [-0.2, 0) is 23.9 Å². The van der Waals surface area contributed by atoms with Crippen LogP contribution in [0.2, 0.25) is 0 Å². The van der Waals surface area contributed by atoms with Gasteiger partial charge in [-0.2, -0.15) is 0 Å². The van der Waals surface area contributed by atoms with Gasteiger partial charge in [0.25, 0.3) is 5.91 Å². The zero-order chi connectivity index (χ0) is 20.8. The van der Waals surface area contributed by atoms with Crippen molar-refractivity contribution in [2.75, 3.05) is 37.7 Å². The van der Waals surface area contributed by atoms with Crippen molar-refractivity contribution in [1.82, 2.24) is 4.90 Å². The van der Waals surface area contributed by atoms with Crippen LogP contribution in [0.3, 0.4) is 0 Å². The predicted octanol–water partition coefficient (Wildman–Crippen LogP) is 1.77. The predicted molar refractivity (Wildman–Crippen MR) is 104 cm³/mol. The Bertz CT molecular complexity index is 785. The highest BCUT2D eigenvalue weighted by Gasteiger charge is 2.29. The third-order valence-electron chi connectivity index (χ3n) is 5.28. The molecule has 0 spiro atoms. The fraction of sp³-hybridized carbons (Fsp3) is 0.524. The SMILES string of the molecule is CCOC(=O)C1CCN(C(=O)COC(=O)c2ccccc2N2CCCC2=O)CC1. The van der Waals surface area contributed by atoms with E-state index in [1.54, 1.807) is 41.0 Å². The number of nitrogens with zero attached hydrogens (tertiary/aromatic N) is 2. The molecular formula is C21H26N2O6. The summed E-state index contributed by atoms with van der Waals surface area (Å²) in [4.78, 5) is 51.9. The molecule has 1 aromatic rings. The lowest BCUT2D eigenvalue weighted by Crippen LogP contribution is -2.42. The van der Waals surface area contributed by atoms with Crippen LogP contribution in [0.25, 0.3) is 0 Å². The number of amides is 2. The third kappa shape index (κ3) is 4.93. The maximum absolute atomic E-state index is 12.5. The summed E-state index contributed by atoms with van der Waals surface area (Å²) >= 11 is 0. The second-order valence-corrected chi connectivity index (χ2v) is 7.15. The number of carbonyl (C=O) groups is 4. The standard InChI is InChI=1S/C21H26N2O6/c1-2-28-20(26)15-9-12-22(13-10-15)19(25)14-29-21(27)16-6-3-4-7-17(16)23-11-5-8-18(23)24/h3-4,6-7,15H,2,5,8-14H2,1H3. The highest BCUT2D eigenvalue weighted by molar-refractivity contribution is 6.03. The first kappa shape index (κ1) is 20.8. The van der Waals surface area contributed by atoms with Crippen LogP contribution in [-0.4, -0.2) is 61.5 Å². The zero-order valence-corrected chi connectivity index (χ0v) is 16.6. The maximum atomic E-state index is 12.5. The summed E-state index contributed by atoms with van der Waals surface area (Å²) in [6.45, 7) is 3.17. The fourth-order valence-corrected chi connectivity index (χ4v) is 3.71. The first-order valence-corrected chi connectivity index (χ1v) is 10.0. The van der Waals surface area contributed by atoms with Gasteiger partial charge >= 0.3 is 11.9 Å². The molecule has 8 nitrogen and oxygen atoms in total. The van der Waals surface area contributed by atoms with Crippen LogP contribution in [0.5, 0.6) is 0 Å².